The van der Waals surface area contributed by atoms with Gasteiger partial charge in [0.1, 0.15) is 0 Å². The first-order chi connectivity index (χ1) is 10.0. The second kappa shape index (κ2) is 7.35. The van der Waals surface area contributed by atoms with Gasteiger partial charge in [0, 0.05) is 21.7 Å². The van der Waals surface area contributed by atoms with Crippen LogP contribution in [0, 0.1) is 20.8 Å². The van der Waals surface area contributed by atoms with Crippen LogP contribution in [0.5, 0.6) is 0 Å². The number of hydrogen-bond acceptors (Lipinski definition) is 2. The molecule has 0 aliphatic heterocycles. The summed E-state index contributed by atoms with van der Waals surface area (Å²) >= 11 is 7.89. The number of nitrogens with one attached hydrogen (secondary N) is 1. The number of benzene rings is 2. The van der Waals surface area contributed by atoms with Crippen LogP contribution in [0.1, 0.15) is 28.3 Å². The lowest BCUT2D eigenvalue weighted by Gasteiger charge is -2.21. The van der Waals surface area contributed by atoms with Crippen molar-refractivity contribution < 1.29 is 0 Å². The normalized spacial score (nSPS) is 12.4. The minimum absolute atomic E-state index is 0.342. The maximum Gasteiger partial charge on any atom is 0.0418 e. The van der Waals surface area contributed by atoms with Gasteiger partial charge in [-0.25, -0.2) is 0 Å². The Labute approximate surface area is 137 Å². The molecule has 0 aliphatic carbocycles. The van der Waals surface area contributed by atoms with Crippen LogP contribution < -0.4 is 5.32 Å². The standard InChI is InChI=1S/C18H22ClNS/c1-12-8-13(2)18(14(3)9-12)17(20-4)11-21-16-7-5-6-15(19)10-16/h5-10,17,20H,11H2,1-4H3. The minimum Gasteiger partial charge on any atom is -0.312 e. The summed E-state index contributed by atoms with van der Waals surface area (Å²) < 4.78 is 0. The molecule has 0 saturated carbocycles. The maximum absolute atomic E-state index is 6.05. The van der Waals surface area contributed by atoms with Gasteiger partial charge in [0.2, 0.25) is 0 Å². The molecule has 0 spiro atoms. The van der Waals surface area contributed by atoms with Crippen LogP contribution in [0.2, 0.25) is 5.02 Å². The van der Waals surface area contributed by atoms with Crippen molar-refractivity contribution in [3.63, 3.8) is 0 Å². The Morgan fingerprint density at radius 2 is 1.76 bits per heavy atom. The average molecular weight is 320 g/mol. The fraction of sp³-hybridized carbons (Fsp3) is 0.333. The van der Waals surface area contributed by atoms with Crippen molar-refractivity contribution >= 4 is 23.4 Å². The molecule has 21 heavy (non-hydrogen) atoms. The van der Waals surface area contributed by atoms with E-state index >= 15 is 0 Å². The highest BCUT2D eigenvalue weighted by atomic mass is 35.5. The van der Waals surface area contributed by atoms with Crippen LogP contribution >= 0.6 is 23.4 Å². The highest BCUT2D eigenvalue weighted by molar-refractivity contribution is 7.99. The van der Waals surface area contributed by atoms with Crippen LogP contribution in [0.3, 0.4) is 0 Å². The first-order valence-electron chi connectivity index (χ1n) is 7.14. The van der Waals surface area contributed by atoms with E-state index in [1.54, 1.807) is 0 Å². The van der Waals surface area contributed by atoms with Gasteiger partial charge in [-0.15, -0.1) is 11.8 Å². The van der Waals surface area contributed by atoms with Gasteiger partial charge >= 0.3 is 0 Å². The molecule has 1 unspecified atom stereocenters. The maximum atomic E-state index is 6.05. The van der Waals surface area contributed by atoms with E-state index in [2.05, 4.69) is 44.3 Å². The van der Waals surface area contributed by atoms with Crippen molar-refractivity contribution in [2.24, 2.45) is 0 Å². The Morgan fingerprint density at radius 1 is 1.10 bits per heavy atom. The van der Waals surface area contributed by atoms with E-state index < -0.39 is 0 Å². The third kappa shape index (κ3) is 4.26. The summed E-state index contributed by atoms with van der Waals surface area (Å²) in [6.45, 7) is 6.55. The summed E-state index contributed by atoms with van der Waals surface area (Å²) in [4.78, 5) is 1.21. The lowest BCUT2D eigenvalue weighted by Crippen LogP contribution is -2.21. The van der Waals surface area contributed by atoms with Crippen LogP contribution in [0.15, 0.2) is 41.3 Å². The first-order valence-corrected chi connectivity index (χ1v) is 8.51. The van der Waals surface area contributed by atoms with Crippen LogP contribution in [0.4, 0.5) is 0 Å². The van der Waals surface area contributed by atoms with Gasteiger partial charge in [0.05, 0.1) is 0 Å². The van der Waals surface area contributed by atoms with E-state index in [0.717, 1.165) is 10.8 Å². The molecular formula is C18H22ClNS. The summed E-state index contributed by atoms with van der Waals surface area (Å²) in [6, 6.07) is 12.9. The van der Waals surface area contributed by atoms with E-state index in [9.17, 15) is 0 Å². The number of hydrogen-bond donors (Lipinski definition) is 1. The molecule has 0 aliphatic rings. The molecule has 112 valence electrons. The first kappa shape index (κ1) is 16.4. The Morgan fingerprint density at radius 3 is 2.33 bits per heavy atom. The third-order valence-corrected chi connectivity index (χ3v) is 4.97. The zero-order chi connectivity index (χ0) is 15.4. The monoisotopic (exact) mass is 319 g/mol. The Bertz CT molecular complexity index is 601. The predicted molar refractivity (Wildman–Crippen MR) is 94.6 cm³/mol. The summed E-state index contributed by atoms with van der Waals surface area (Å²) in [5, 5.41) is 4.25. The molecular weight excluding hydrogens is 298 g/mol. The second-order valence-corrected chi connectivity index (χ2v) is 6.95. The van der Waals surface area contributed by atoms with Gasteiger partial charge in [-0.3, -0.25) is 0 Å². The topological polar surface area (TPSA) is 12.0 Å². The summed E-state index contributed by atoms with van der Waals surface area (Å²) in [6.07, 6.45) is 0. The van der Waals surface area contributed by atoms with Gasteiger partial charge in [0.25, 0.3) is 0 Å². The zero-order valence-electron chi connectivity index (χ0n) is 13.0. The smallest absolute Gasteiger partial charge is 0.0418 e. The summed E-state index contributed by atoms with van der Waals surface area (Å²) in [7, 11) is 2.03. The Kier molecular flexibility index (Phi) is 5.74. The van der Waals surface area contributed by atoms with Crippen molar-refractivity contribution in [3.05, 3.63) is 63.7 Å². The molecule has 0 amide bonds. The second-order valence-electron chi connectivity index (χ2n) is 5.42. The molecule has 1 N–H and O–H groups in total. The predicted octanol–water partition coefficient (Wildman–Crippen LogP) is 5.32. The van der Waals surface area contributed by atoms with Gasteiger partial charge in [0.15, 0.2) is 0 Å². The van der Waals surface area contributed by atoms with E-state index in [1.807, 2.05) is 37.0 Å². The quantitative estimate of drug-likeness (QED) is 0.749. The molecule has 1 atom stereocenters. The van der Waals surface area contributed by atoms with Crippen molar-refractivity contribution in [1.29, 1.82) is 0 Å². The highest BCUT2D eigenvalue weighted by Crippen LogP contribution is 2.30. The summed E-state index contributed by atoms with van der Waals surface area (Å²) in [5.41, 5.74) is 5.46. The fourth-order valence-corrected chi connectivity index (χ4v) is 4.12. The van der Waals surface area contributed by atoms with Crippen LogP contribution in [0.25, 0.3) is 0 Å². The zero-order valence-corrected chi connectivity index (χ0v) is 14.6. The average Bonchev–Trinajstić information content (AvgIpc) is 2.41. The fourth-order valence-electron chi connectivity index (χ4n) is 2.79. The lowest BCUT2D eigenvalue weighted by atomic mass is 9.95. The van der Waals surface area contributed by atoms with E-state index in [0.29, 0.717) is 6.04 Å². The Balaban J connectivity index is 2.17. The highest BCUT2D eigenvalue weighted by Gasteiger charge is 2.15. The van der Waals surface area contributed by atoms with E-state index in [4.69, 9.17) is 11.6 Å². The SMILES string of the molecule is CNC(CSc1cccc(Cl)c1)c1c(C)cc(C)cc1C. The number of rotatable bonds is 5. The molecule has 0 saturated heterocycles. The minimum atomic E-state index is 0.342. The molecule has 0 aromatic heterocycles. The number of halogens is 1. The van der Waals surface area contributed by atoms with Crippen LogP contribution in [-0.4, -0.2) is 12.8 Å². The third-order valence-electron chi connectivity index (χ3n) is 3.65. The number of thioether (sulfide) groups is 1. The van der Waals surface area contributed by atoms with E-state index in [1.165, 1.54) is 27.1 Å². The largest absolute Gasteiger partial charge is 0.312 e. The molecule has 0 radical (unpaired) electrons. The molecule has 1 nitrogen and oxygen atoms in total. The molecule has 3 heteroatoms. The van der Waals surface area contributed by atoms with Crippen molar-refractivity contribution in [2.45, 2.75) is 31.7 Å². The van der Waals surface area contributed by atoms with Gasteiger partial charge < -0.3 is 5.32 Å². The molecule has 0 fully saturated rings. The molecule has 0 heterocycles. The van der Waals surface area contributed by atoms with E-state index in [-0.39, 0.29) is 0 Å². The summed E-state index contributed by atoms with van der Waals surface area (Å²) in [5.74, 6) is 0.988. The molecule has 2 aromatic rings. The Hall–Kier alpha value is -0.960. The van der Waals surface area contributed by atoms with Gasteiger partial charge in [-0.2, -0.15) is 0 Å². The van der Waals surface area contributed by atoms with Gasteiger partial charge in [-0.05, 0) is 62.7 Å². The molecule has 2 aromatic carbocycles. The molecule has 0 bridgehead atoms. The number of aryl methyl sites for hydroxylation is 3. The van der Waals surface area contributed by atoms with Crippen molar-refractivity contribution in [3.8, 4) is 0 Å². The van der Waals surface area contributed by atoms with Crippen molar-refractivity contribution in [2.75, 3.05) is 12.8 Å². The lowest BCUT2D eigenvalue weighted by molar-refractivity contribution is 0.653. The van der Waals surface area contributed by atoms with Gasteiger partial charge in [-0.1, -0.05) is 35.4 Å². The van der Waals surface area contributed by atoms with Crippen LogP contribution in [-0.2, 0) is 0 Å². The molecule has 2 rings (SSSR count). The van der Waals surface area contributed by atoms with Crippen molar-refractivity contribution in [1.82, 2.24) is 5.32 Å².